The van der Waals surface area contributed by atoms with Crippen molar-refractivity contribution in [2.75, 3.05) is 20.6 Å². The molecular formula is C13H22I2N-. The average Bonchev–Trinajstić information content (AvgIpc) is 2.02. The summed E-state index contributed by atoms with van der Waals surface area (Å²) in [5.74, 6) is 0. The minimum Gasteiger partial charge on any atom is -1.00 e. The Morgan fingerprint density at radius 2 is 1.75 bits per heavy atom. The standard InChI is InChI=1S/C13H22N.2HI/c1-5-9-14(3,4)11-13-8-6-7-12(2)10-13;;/h6-8,10H,5,9,11H2,1-4H3;2*1H/q+1;;/p-2. The Balaban J connectivity index is 0. The molecular weight excluding hydrogens is 424 g/mol. The third kappa shape index (κ3) is 7.06. The van der Waals surface area contributed by atoms with Gasteiger partial charge < -0.3 is 52.4 Å². The molecule has 0 aliphatic heterocycles. The van der Waals surface area contributed by atoms with Gasteiger partial charge in [0.05, 0.1) is 20.6 Å². The molecule has 0 spiro atoms. The number of rotatable bonds is 4. The van der Waals surface area contributed by atoms with Gasteiger partial charge in [0.1, 0.15) is 6.54 Å². The summed E-state index contributed by atoms with van der Waals surface area (Å²) in [6, 6.07) is 8.82. The van der Waals surface area contributed by atoms with Crippen LogP contribution in [0.25, 0.3) is 0 Å². The van der Waals surface area contributed by atoms with Crippen LogP contribution in [-0.4, -0.2) is 25.1 Å². The SMILES string of the molecule is CCC[N+](C)(C)Cc1cccc(C)c1.[I-].[I-]. The lowest BCUT2D eigenvalue weighted by molar-refractivity contribution is -0.903. The van der Waals surface area contributed by atoms with Crippen LogP contribution in [0.2, 0.25) is 0 Å². The molecule has 3 heteroatoms. The van der Waals surface area contributed by atoms with Crippen LogP contribution >= 0.6 is 0 Å². The van der Waals surface area contributed by atoms with Gasteiger partial charge in [-0.3, -0.25) is 0 Å². The highest BCUT2D eigenvalue weighted by molar-refractivity contribution is 5.21. The largest absolute Gasteiger partial charge is 1.00 e. The Labute approximate surface area is 134 Å². The fourth-order valence-corrected chi connectivity index (χ4v) is 1.99. The van der Waals surface area contributed by atoms with Gasteiger partial charge >= 0.3 is 0 Å². The van der Waals surface area contributed by atoms with E-state index in [1.165, 1.54) is 24.1 Å². The molecule has 1 rings (SSSR count). The highest BCUT2D eigenvalue weighted by atomic mass is 127. The summed E-state index contributed by atoms with van der Waals surface area (Å²) in [6.45, 7) is 6.78. The highest BCUT2D eigenvalue weighted by Crippen LogP contribution is 2.11. The van der Waals surface area contributed by atoms with Gasteiger partial charge in [-0.2, -0.15) is 0 Å². The Kier molecular flexibility index (Phi) is 10.3. The van der Waals surface area contributed by atoms with Crippen molar-refractivity contribution < 1.29 is 52.4 Å². The minimum atomic E-state index is 0. The van der Waals surface area contributed by atoms with E-state index in [9.17, 15) is 0 Å². The van der Waals surface area contributed by atoms with Crippen molar-refractivity contribution in [1.82, 2.24) is 0 Å². The predicted octanol–water partition coefficient (Wildman–Crippen LogP) is -3.01. The van der Waals surface area contributed by atoms with E-state index in [1.807, 2.05) is 0 Å². The lowest BCUT2D eigenvalue weighted by atomic mass is 10.1. The molecule has 0 aliphatic rings. The first-order chi connectivity index (χ1) is 6.53. The number of hydrogen-bond acceptors (Lipinski definition) is 0. The van der Waals surface area contributed by atoms with E-state index in [-0.39, 0.29) is 48.0 Å². The molecule has 94 valence electrons. The lowest BCUT2D eigenvalue weighted by Gasteiger charge is -2.29. The van der Waals surface area contributed by atoms with Crippen molar-refractivity contribution >= 4 is 0 Å². The van der Waals surface area contributed by atoms with Gasteiger partial charge in [0.15, 0.2) is 0 Å². The third-order valence-corrected chi connectivity index (χ3v) is 2.52. The average molecular weight is 446 g/mol. The van der Waals surface area contributed by atoms with E-state index in [4.69, 9.17) is 0 Å². The second-order valence-corrected chi connectivity index (χ2v) is 4.81. The minimum absolute atomic E-state index is 0. The van der Waals surface area contributed by atoms with Gasteiger partial charge in [-0.25, -0.2) is 0 Å². The molecule has 0 radical (unpaired) electrons. The zero-order valence-electron chi connectivity index (χ0n) is 10.6. The first-order valence-corrected chi connectivity index (χ1v) is 5.41. The summed E-state index contributed by atoms with van der Waals surface area (Å²) in [5, 5.41) is 0. The zero-order chi connectivity index (χ0) is 10.6. The monoisotopic (exact) mass is 446 g/mol. The molecule has 0 saturated heterocycles. The summed E-state index contributed by atoms with van der Waals surface area (Å²) in [5.41, 5.74) is 2.81. The Morgan fingerprint density at radius 3 is 2.25 bits per heavy atom. The van der Waals surface area contributed by atoms with E-state index in [1.54, 1.807) is 0 Å². The molecule has 0 aliphatic carbocycles. The van der Waals surface area contributed by atoms with Crippen LogP contribution in [0.5, 0.6) is 0 Å². The maximum absolute atomic E-state index is 2.30. The summed E-state index contributed by atoms with van der Waals surface area (Å²) >= 11 is 0. The van der Waals surface area contributed by atoms with Crippen LogP contribution in [0.15, 0.2) is 24.3 Å². The van der Waals surface area contributed by atoms with Crippen LogP contribution in [0, 0.1) is 6.92 Å². The van der Waals surface area contributed by atoms with Crippen molar-refractivity contribution in [3.05, 3.63) is 35.4 Å². The summed E-state index contributed by atoms with van der Waals surface area (Å²) < 4.78 is 1.08. The van der Waals surface area contributed by atoms with Crippen molar-refractivity contribution in [3.63, 3.8) is 0 Å². The molecule has 0 amide bonds. The topological polar surface area (TPSA) is 0 Å². The Morgan fingerprint density at radius 1 is 1.12 bits per heavy atom. The number of benzene rings is 1. The second kappa shape index (κ2) is 8.69. The van der Waals surface area contributed by atoms with Crippen molar-refractivity contribution in [1.29, 1.82) is 0 Å². The fraction of sp³-hybridized carbons (Fsp3) is 0.538. The molecule has 0 bridgehead atoms. The molecule has 1 aromatic rings. The van der Waals surface area contributed by atoms with Crippen molar-refractivity contribution in [2.45, 2.75) is 26.8 Å². The molecule has 0 fully saturated rings. The number of hydrogen-bond donors (Lipinski definition) is 0. The van der Waals surface area contributed by atoms with Gasteiger partial charge in [-0.15, -0.1) is 0 Å². The number of aryl methyl sites for hydroxylation is 1. The van der Waals surface area contributed by atoms with E-state index in [0.717, 1.165) is 11.0 Å². The van der Waals surface area contributed by atoms with Crippen LogP contribution in [-0.2, 0) is 6.54 Å². The Bertz CT molecular complexity index is 298. The van der Waals surface area contributed by atoms with E-state index in [0.29, 0.717) is 0 Å². The molecule has 0 unspecified atom stereocenters. The van der Waals surface area contributed by atoms with E-state index in [2.05, 4.69) is 52.2 Å². The molecule has 0 N–H and O–H groups in total. The molecule has 1 nitrogen and oxygen atoms in total. The Hall–Kier alpha value is 0.640. The maximum Gasteiger partial charge on any atom is 0.104 e. The van der Waals surface area contributed by atoms with Gasteiger partial charge in [0, 0.05) is 5.56 Å². The highest BCUT2D eigenvalue weighted by Gasteiger charge is 2.13. The zero-order valence-corrected chi connectivity index (χ0v) is 14.9. The molecule has 0 aromatic heterocycles. The fourth-order valence-electron chi connectivity index (χ4n) is 1.99. The first kappa shape index (κ1) is 19.0. The summed E-state index contributed by atoms with van der Waals surface area (Å²) in [4.78, 5) is 0. The van der Waals surface area contributed by atoms with Crippen LogP contribution < -0.4 is 48.0 Å². The van der Waals surface area contributed by atoms with E-state index < -0.39 is 0 Å². The van der Waals surface area contributed by atoms with Gasteiger partial charge in [-0.05, 0) is 13.3 Å². The maximum atomic E-state index is 2.30. The summed E-state index contributed by atoms with van der Waals surface area (Å²) in [7, 11) is 4.59. The molecule has 0 atom stereocenters. The van der Waals surface area contributed by atoms with Gasteiger partial charge in [0.25, 0.3) is 0 Å². The quantitative estimate of drug-likeness (QED) is 0.342. The van der Waals surface area contributed by atoms with Gasteiger partial charge in [-0.1, -0.05) is 36.8 Å². The van der Waals surface area contributed by atoms with Gasteiger partial charge in [0.2, 0.25) is 0 Å². The van der Waals surface area contributed by atoms with Crippen LogP contribution in [0.4, 0.5) is 0 Å². The van der Waals surface area contributed by atoms with Crippen LogP contribution in [0.1, 0.15) is 24.5 Å². The lowest BCUT2D eigenvalue weighted by Crippen LogP contribution is -3.00. The summed E-state index contributed by atoms with van der Waals surface area (Å²) in [6.07, 6.45) is 1.25. The predicted molar refractivity (Wildman–Crippen MR) is 62.1 cm³/mol. The smallest absolute Gasteiger partial charge is 0.104 e. The first-order valence-electron chi connectivity index (χ1n) is 5.41. The molecule has 1 aromatic carbocycles. The number of nitrogens with zero attached hydrogens (tertiary/aromatic N) is 1. The number of quaternary nitrogens is 1. The van der Waals surface area contributed by atoms with E-state index >= 15 is 0 Å². The van der Waals surface area contributed by atoms with Crippen LogP contribution in [0.3, 0.4) is 0 Å². The van der Waals surface area contributed by atoms with Crippen molar-refractivity contribution in [3.8, 4) is 0 Å². The molecule has 16 heavy (non-hydrogen) atoms. The second-order valence-electron chi connectivity index (χ2n) is 4.81. The number of halogens is 2. The third-order valence-electron chi connectivity index (χ3n) is 2.52. The van der Waals surface area contributed by atoms with Crippen molar-refractivity contribution in [2.24, 2.45) is 0 Å². The molecule has 0 heterocycles. The normalized spacial score (nSPS) is 10.2. The molecule has 0 saturated carbocycles.